The van der Waals surface area contributed by atoms with Gasteiger partial charge in [-0.2, -0.15) is 5.26 Å². The number of likely N-dealkylation sites (tertiary alicyclic amines) is 1. The molecule has 2 nitrogen and oxygen atoms in total. The van der Waals surface area contributed by atoms with E-state index in [1.54, 1.807) is 0 Å². The Labute approximate surface area is 68.8 Å². The molecule has 1 rings (SSSR count). The fourth-order valence-corrected chi connectivity index (χ4v) is 1.90. The summed E-state index contributed by atoms with van der Waals surface area (Å²) in [5.41, 5.74) is 0. The first-order chi connectivity index (χ1) is 5.15. The highest BCUT2D eigenvalue weighted by molar-refractivity contribution is 4.95. The lowest BCUT2D eigenvalue weighted by molar-refractivity contribution is 0.250. The molecular weight excluding hydrogens is 136 g/mol. The lowest BCUT2D eigenvalue weighted by Gasteiger charge is -2.22. The van der Waals surface area contributed by atoms with E-state index in [0.29, 0.717) is 12.0 Å². The van der Waals surface area contributed by atoms with Gasteiger partial charge in [-0.1, -0.05) is 13.8 Å². The number of hydrogen-bond acceptors (Lipinski definition) is 2. The first kappa shape index (κ1) is 8.55. The molecule has 0 aromatic heterocycles. The van der Waals surface area contributed by atoms with Crippen molar-refractivity contribution in [2.45, 2.75) is 26.3 Å². The quantitative estimate of drug-likeness (QED) is 0.569. The third-order valence-electron chi connectivity index (χ3n) is 2.55. The van der Waals surface area contributed by atoms with Crippen molar-refractivity contribution in [1.29, 1.82) is 5.26 Å². The van der Waals surface area contributed by atoms with Gasteiger partial charge in [0.15, 0.2) is 0 Å². The van der Waals surface area contributed by atoms with Gasteiger partial charge in [-0.05, 0) is 19.4 Å². The smallest absolute Gasteiger partial charge is 0.0669 e. The lowest BCUT2D eigenvalue weighted by atomic mass is 9.98. The molecule has 1 saturated heterocycles. The molecule has 62 valence electrons. The summed E-state index contributed by atoms with van der Waals surface area (Å²) in [7, 11) is 2.11. The Hall–Kier alpha value is -0.550. The molecule has 0 saturated carbocycles. The van der Waals surface area contributed by atoms with Gasteiger partial charge in [0, 0.05) is 12.6 Å². The van der Waals surface area contributed by atoms with E-state index < -0.39 is 0 Å². The van der Waals surface area contributed by atoms with Crippen molar-refractivity contribution in [3.8, 4) is 6.07 Å². The van der Waals surface area contributed by atoms with Gasteiger partial charge in [-0.25, -0.2) is 0 Å². The van der Waals surface area contributed by atoms with Crippen LogP contribution in [0.2, 0.25) is 0 Å². The van der Waals surface area contributed by atoms with Gasteiger partial charge in [0.05, 0.1) is 12.0 Å². The monoisotopic (exact) mass is 152 g/mol. The molecule has 0 spiro atoms. The minimum absolute atomic E-state index is 0.271. The van der Waals surface area contributed by atoms with Crippen molar-refractivity contribution in [3.05, 3.63) is 0 Å². The van der Waals surface area contributed by atoms with Crippen LogP contribution in [0.5, 0.6) is 0 Å². The van der Waals surface area contributed by atoms with Crippen molar-refractivity contribution in [1.82, 2.24) is 4.90 Å². The average Bonchev–Trinajstić information content (AvgIpc) is 2.30. The lowest BCUT2D eigenvalue weighted by Crippen LogP contribution is -2.29. The highest BCUT2D eigenvalue weighted by atomic mass is 15.2. The molecular formula is C9H16N2. The largest absolute Gasteiger partial charge is 0.302 e. The fraction of sp³-hybridized carbons (Fsp3) is 0.889. The van der Waals surface area contributed by atoms with Crippen molar-refractivity contribution in [2.24, 2.45) is 11.8 Å². The predicted molar refractivity (Wildman–Crippen MR) is 45.0 cm³/mol. The van der Waals surface area contributed by atoms with Gasteiger partial charge in [-0.3, -0.25) is 0 Å². The van der Waals surface area contributed by atoms with Gasteiger partial charge in [0.2, 0.25) is 0 Å². The van der Waals surface area contributed by atoms with Crippen molar-refractivity contribution in [2.75, 3.05) is 13.6 Å². The van der Waals surface area contributed by atoms with Crippen LogP contribution in [0, 0.1) is 23.2 Å². The van der Waals surface area contributed by atoms with Crippen LogP contribution in [0.3, 0.4) is 0 Å². The maximum Gasteiger partial charge on any atom is 0.0669 e. The molecule has 0 aromatic carbocycles. The maximum absolute atomic E-state index is 8.71. The van der Waals surface area contributed by atoms with Crippen LogP contribution < -0.4 is 0 Å². The molecule has 1 aliphatic heterocycles. The molecule has 1 aliphatic rings. The van der Waals surface area contributed by atoms with Gasteiger partial charge in [0.25, 0.3) is 0 Å². The van der Waals surface area contributed by atoms with Gasteiger partial charge >= 0.3 is 0 Å². The van der Waals surface area contributed by atoms with Crippen LogP contribution in [0.15, 0.2) is 0 Å². The second kappa shape index (κ2) is 3.23. The van der Waals surface area contributed by atoms with E-state index >= 15 is 0 Å². The molecule has 0 aromatic rings. The summed E-state index contributed by atoms with van der Waals surface area (Å²) in [4.78, 5) is 2.30. The highest BCUT2D eigenvalue weighted by Gasteiger charge is 2.30. The Kier molecular flexibility index (Phi) is 2.51. The zero-order valence-electron chi connectivity index (χ0n) is 7.54. The second-order valence-electron chi connectivity index (χ2n) is 3.81. The Balaban J connectivity index is 2.53. The minimum atomic E-state index is 0.271. The second-order valence-corrected chi connectivity index (χ2v) is 3.81. The highest BCUT2D eigenvalue weighted by Crippen LogP contribution is 2.25. The summed E-state index contributed by atoms with van der Waals surface area (Å²) in [6.45, 7) is 5.40. The van der Waals surface area contributed by atoms with Crippen molar-refractivity contribution >= 4 is 0 Å². The Morgan fingerprint density at radius 1 is 1.55 bits per heavy atom. The number of nitrogens with zero attached hydrogens (tertiary/aromatic N) is 2. The first-order valence-corrected chi connectivity index (χ1v) is 4.25. The van der Waals surface area contributed by atoms with Crippen molar-refractivity contribution < 1.29 is 0 Å². The SMILES string of the molecule is CC(C)[C@@H]1CC(C#N)CN1C. The van der Waals surface area contributed by atoms with E-state index in [1.165, 1.54) is 0 Å². The van der Waals surface area contributed by atoms with E-state index in [1.807, 2.05) is 0 Å². The number of nitriles is 1. The molecule has 0 amide bonds. The first-order valence-electron chi connectivity index (χ1n) is 4.25. The Morgan fingerprint density at radius 2 is 2.18 bits per heavy atom. The van der Waals surface area contributed by atoms with E-state index in [9.17, 15) is 0 Å². The molecule has 0 aliphatic carbocycles. The van der Waals surface area contributed by atoms with E-state index in [-0.39, 0.29) is 5.92 Å². The standard InChI is InChI=1S/C9H16N2/c1-7(2)9-4-8(5-10)6-11(9)3/h7-9H,4,6H2,1-3H3/t8?,9-/m0/s1. The Morgan fingerprint density at radius 3 is 2.45 bits per heavy atom. The molecule has 2 atom stereocenters. The van der Waals surface area contributed by atoms with Crippen molar-refractivity contribution in [3.63, 3.8) is 0 Å². The fourth-order valence-electron chi connectivity index (χ4n) is 1.90. The Bertz CT molecular complexity index is 169. The third-order valence-corrected chi connectivity index (χ3v) is 2.55. The summed E-state index contributed by atoms with van der Waals surface area (Å²) >= 11 is 0. The van der Waals surface area contributed by atoms with E-state index in [0.717, 1.165) is 13.0 Å². The number of rotatable bonds is 1. The normalized spacial score (nSPS) is 32.6. The molecule has 11 heavy (non-hydrogen) atoms. The van der Waals surface area contributed by atoms with Crippen LogP contribution in [0.1, 0.15) is 20.3 Å². The van der Waals surface area contributed by atoms with Gasteiger partial charge in [-0.15, -0.1) is 0 Å². The summed E-state index contributed by atoms with van der Waals surface area (Å²) in [6, 6.07) is 2.96. The summed E-state index contributed by atoms with van der Waals surface area (Å²) < 4.78 is 0. The molecule has 2 heteroatoms. The predicted octanol–water partition coefficient (Wildman–Crippen LogP) is 1.49. The molecule has 0 bridgehead atoms. The minimum Gasteiger partial charge on any atom is -0.302 e. The van der Waals surface area contributed by atoms with E-state index in [2.05, 4.69) is 31.9 Å². The average molecular weight is 152 g/mol. The van der Waals surface area contributed by atoms with Crippen LogP contribution in [-0.4, -0.2) is 24.5 Å². The summed E-state index contributed by atoms with van der Waals surface area (Å²) in [5.74, 6) is 0.950. The van der Waals surface area contributed by atoms with Crippen LogP contribution in [0.4, 0.5) is 0 Å². The summed E-state index contributed by atoms with van der Waals surface area (Å²) in [6.07, 6.45) is 1.06. The molecule has 0 N–H and O–H groups in total. The van der Waals surface area contributed by atoms with Gasteiger partial charge < -0.3 is 4.90 Å². The van der Waals surface area contributed by atoms with E-state index in [4.69, 9.17) is 5.26 Å². The topological polar surface area (TPSA) is 27.0 Å². The number of hydrogen-bond donors (Lipinski definition) is 0. The zero-order chi connectivity index (χ0) is 8.43. The van der Waals surface area contributed by atoms with Gasteiger partial charge in [0.1, 0.15) is 0 Å². The van der Waals surface area contributed by atoms with Crippen LogP contribution in [-0.2, 0) is 0 Å². The maximum atomic E-state index is 8.71. The summed E-state index contributed by atoms with van der Waals surface area (Å²) in [5, 5.41) is 8.71. The molecule has 1 unspecified atom stereocenters. The molecule has 1 heterocycles. The van der Waals surface area contributed by atoms with Crippen LogP contribution in [0.25, 0.3) is 0 Å². The zero-order valence-corrected chi connectivity index (χ0v) is 7.54. The third kappa shape index (κ3) is 1.72. The molecule has 1 fully saturated rings. The van der Waals surface area contributed by atoms with Crippen LogP contribution >= 0.6 is 0 Å². The molecule has 0 radical (unpaired) electrons.